The molecule has 0 spiro atoms. The van der Waals surface area contributed by atoms with E-state index in [2.05, 4.69) is 16.8 Å². The molecule has 0 unspecified atom stereocenters. The molecule has 2 heterocycles. The van der Waals surface area contributed by atoms with E-state index in [1.165, 1.54) is 34.6 Å². The monoisotopic (exact) mass is 492 g/mol. The lowest BCUT2D eigenvalue weighted by Gasteiger charge is -2.26. The first-order chi connectivity index (χ1) is 15.8. The van der Waals surface area contributed by atoms with Crippen LogP contribution in [0.1, 0.15) is 48.7 Å². The van der Waals surface area contributed by atoms with E-state index in [-0.39, 0.29) is 16.6 Å². The van der Waals surface area contributed by atoms with E-state index in [1.54, 1.807) is 18.2 Å². The summed E-state index contributed by atoms with van der Waals surface area (Å²) in [6.07, 6.45) is 4.77. The number of hydrogen-bond donors (Lipinski definition) is 1. The fourth-order valence-corrected chi connectivity index (χ4v) is 6.83. The molecule has 1 N–H and O–H groups in total. The highest BCUT2D eigenvalue weighted by Gasteiger charge is 2.27. The molecule has 1 aliphatic heterocycles. The summed E-state index contributed by atoms with van der Waals surface area (Å²) in [6.45, 7) is 7.40. The largest absolute Gasteiger partial charge is 0.379 e. The first-order valence-corrected chi connectivity index (χ1v) is 13.9. The van der Waals surface area contributed by atoms with Crippen LogP contribution in [0.15, 0.2) is 28.3 Å². The number of aryl methyl sites for hydroxylation is 2. The molecule has 1 aromatic heterocycles. The first-order valence-electron chi connectivity index (χ1n) is 11.4. The zero-order chi connectivity index (χ0) is 23.6. The third-order valence-corrected chi connectivity index (χ3v) is 9.31. The highest BCUT2D eigenvalue weighted by molar-refractivity contribution is 7.99. The standard InChI is InChI=1S/C23H32N4O4S2/c1-16-8-9-20(33(29,30)26-10-12-31-13-11-26)14-21(16)25-22(28)15-32-23-24-17(2)18(3)27(23)19-6-4-5-7-19/h8-9,14,19H,4-7,10-13,15H2,1-3H3,(H,25,28). The topological polar surface area (TPSA) is 93.5 Å². The van der Waals surface area contributed by atoms with Crippen molar-refractivity contribution in [1.29, 1.82) is 0 Å². The number of sulfonamides is 1. The number of anilines is 1. The Bertz CT molecular complexity index is 1120. The van der Waals surface area contributed by atoms with Crippen LogP contribution in [-0.2, 0) is 19.6 Å². The summed E-state index contributed by atoms with van der Waals surface area (Å²) < 4.78 is 35.0. The van der Waals surface area contributed by atoms with E-state index in [1.807, 2.05) is 13.8 Å². The summed E-state index contributed by atoms with van der Waals surface area (Å²) in [5.41, 5.74) is 3.50. The fraction of sp³-hybridized carbons (Fsp3) is 0.565. The van der Waals surface area contributed by atoms with Crippen LogP contribution in [0.3, 0.4) is 0 Å². The number of thioether (sulfide) groups is 1. The Hall–Kier alpha value is -1.88. The van der Waals surface area contributed by atoms with E-state index in [9.17, 15) is 13.2 Å². The molecule has 2 fully saturated rings. The van der Waals surface area contributed by atoms with Gasteiger partial charge in [-0.1, -0.05) is 30.7 Å². The quantitative estimate of drug-likeness (QED) is 0.593. The minimum Gasteiger partial charge on any atom is -0.379 e. The number of carbonyl (C=O) groups is 1. The van der Waals surface area contributed by atoms with Crippen LogP contribution in [0.2, 0.25) is 0 Å². The molecular formula is C23H32N4O4S2. The van der Waals surface area contributed by atoms with Crippen LogP contribution >= 0.6 is 11.8 Å². The lowest BCUT2D eigenvalue weighted by molar-refractivity contribution is -0.113. The zero-order valence-electron chi connectivity index (χ0n) is 19.5. The van der Waals surface area contributed by atoms with Crippen molar-refractivity contribution in [2.75, 3.05) is 37.4 Å². The highest BCUT2D eigenvalue weighted by Crippen LogP contribution is 2.35. The highest BCUT2D eigenvalue weighted by atomic mass is 32.2. The van der Waals surface area contributed by atoms with E-state index in [0.29, 0.717) is 38.0 Å². The minimum absolute atomic E-state index is 0.180. The molecule has 1 aromatic carbocycles. The second-order valence-corrected chi connectivity index (χ2v) is 11.6. The van der Waals surface area contributed by atoms with Crippen molar-refractivity contribution >= 4 is 33.4 Å². The molecule has 1 saturated heterocycles. The van der Waals surface area contributed by atoms with Gasteiger partial charge in [0.2, 0.25) is 15.9 Å². The van der Waals surface area contributed by atoms with Crippen LogP contribution < -0.4 is 5.32 Å². The number of morpholine rings is 1. The van der Waals surface area contributed by atoms with Gasteiger partial charge in [-0.2, -0.15) is 4.31 Å². The SMILES string of the molecule is Cc1ccc(S(=O)(=O)N2CCOCC2)cc1NC(=O)CSc1nc(C)c(C)n1C1CCCC1. The predicted molar refractivity (Wildman–Crippen MR) is 129 cm³/mol. The van der Waals surface area contributed by atoms with Crippen molar-refractivity contribution in [1.82, 2.24) is 13.9 Å². The Balaban J connectivity index is 1.45. The van der Waals surface area contributed by atoms with Crippen molar-refractivity contribution in [2.24, 2.45) is 0 Å². The average molecular weight is 493 g/mol. The molecule has 0 bridgehead atoms. The van der Waals surface area contributed by atoms with Gasteiger partial charge in [-0.15, -0.1) is 0 Å². The molecule has 2 aromatic rings. The van der Waals surface area contributed by atoms with Crippen molar-refractivity contribution < 1.29 is 17.9 Å². The van der Waals surface area contributed by atoms with Crippen LogP contribution in [0.5, 0.6) is 0 Å². The van der Waals surface area contributed by atoms with Crippen molar-refractivity contribution in [2.45, 2.75) is 62.5 Å². The van der Waals surface area contributed by atoms with Gasteiger partial charge in [-0.25, -0.2) is 13.4 Å². The van der Waals surface area contributed by atoms with Crippen molar-refractivity contribution in [3.05, 3.63) is 35.2 Å². The Labute approximate surface area is 200 Å². The molecule has 0 radical (unpaired) electrons. The van der Waals surface area contributed by atoms with E-state index >= 15 is 0 Å². The Morgan fingerprint density at radius 1 is 1.18 bits per heavy atom. The Kier molecular flexibility index (Phi) is 7.47. The zero-order valence-corrected chi connectivity index (χ0v) is 21.1. The molecular weight excluding hydrogens is 460 g/mol. The van der Waals surface area contributed by atoms with Gasteiger partial charge in [0, 0.05) is 30.5 Å². The maximum Gasteiger partial charge on any atom is 0.243 e. The fourth-order valence-electron chi connectivity index (χ4n) is 4.44. The number of imidazole rings is 1. The summed E-state index contributed by atoms with van der Waals surface area (Å²) in [5, 5.41) is 3.78. The summed E-state index contributed by atoms with van der Waals surface area (Å²) in [7, 11) is -3.63. The molecule has 2 aliphatic rings. The summed E-state index contributed by atoms with van der Waals surface area (Å²) >= 11 is 1.43. The maximum atomic E-state index is 13.0. The summed E-state index contributed by atoms with van der Waals surface area (Å²) in [4.78, 5) is 17.7. The van der Waals surface area contributed by atoms with Gasteiger partial charge in [0.1, 0.15) is 0 Å². The molecule has 0 atom stereocenters. The van der Waals surface area contributed by atoms with Crippen LogP contribution in [-0.4, -0.2) is 60.2 Å². The molecule has 10 heteroatoms. The van der Waals surface area contributed by atoms with Gasteiger partial charge in [0.05, 0.1) is 29.6 Å². The smallest absolute Gasteiger partial charge is 0.243 e. The molecule has 8 nitrogen and oxygen atoms in total. The summed E-state index contributed by atoms with van der Waals surface area (Å²) in [6, 6.07) is 5.33. The lowest BCUT2D eigenvalue weighted by Crippen LogP contribution is -2.40. The third-order valence-electron chi connectivity index (χ3n) is 6.47. The number of carbonyl (C=O) groups excluding carboxylic acids is 1. The summed E-state index contributed by atoms with van der Waals surface area (Å²) in [5.74, 6) is 0.0305. The molecule has 1 aliphatic carbocycles. The number of ether oxygens (including phenoxy) is 1. The van der Waals surface area contributed by atoms with Gasteiger partial charge in [0.25, 0.3) is 0 Å². The molecule has 1 saturated carbocycles. The number of amides is 1. The number of aromatic nitrogens is 2. The van der Waals surface area contributed by atoms with Gasteiger partial charge in [0.15, 0.2) is 5.16 Å². The van der Waals surface area contributed by atoms with E-state index in [4.69, 9.17) is 9.72 Å². The molecule has 33 heavy (non-hydrogen) atoms. The van der Waals surface area contributed by atoms with Crippen molar-refractivity contribution in [3.63, 3.8) is 0 Å². The average Bonchev–Trinajstić information content (AvgIpc) is 3.42. The Morgan fingerprint density at radius 3 is 2.58 bits per heavy atom. The van der Waals surface area contributed by atoms with Crippen LogP contribution in [0, 0.1) is 20.8 Å². The maximum absolute atomic E-state index is 13.0. The molecule has 4 rings (SSSR count). The number of nitrogens with one attached hydrogen (secondary N) is 1. The number of rotatable bonds is 7. The van der Waals surface area contributed by atoms with E-state index < -0.39 is 10.0 Å². The van der Waals surface area contributed by atoms with Gasteiger partial charge < -0.3 is 14.6 Å². The molecule has 180 valence electrons. The Morgan fingerprint density at radius 2 is 1.88 bits per heavy atom. The first kappa shape index (κ1) is 24.3. The molecule has 1 amide bonds. The second kappa shape index (κ2) is 10.2. The van der Waals surface area contributed by atoms with Crippen molar-refractivity contribution in [3.8, 4) is 0 Å². The van der Waals surface area contributed by atoms with Gasteiger partial charge in [-0.3, -0.25) is 4.79 Å². The number of nitrogens with zero attached hydrogens (tertiary/aromatic N) is 3. The van der Waals surface area contributed by atoms with E-state index in [0.717, 1.165) is 29.3 Å². The lowest BCUT2D eigenvalue weighted by atomic mass is 10.2. The van der Waals surface area contributed by atoms with Crippen LogP contribution in [0.4, 0.5) is 5.69 Å². The minimum atomic E-state index is -3.63. The number of benzene rings is 1. The predicted octanol–water partition coefficient (Wildman–Crippen LogP) is 3.68. The van der Waals surface area contributed by atoms with Gasteiger partial charge in [-0.05, 0) is 51.3 Å². The number of hydrogen-bond acceptors (Lipinski definition) is 6. The second-order valence-electron chi connectivity index (χ2n) is 8.70. The normalized spacial score (nSPS) is 18.0. The van der Waals surface area contributed by atoms with Crippen LogP contribution in [0.25, 0.3) is 0 Å². The van der Waals surface area contributed by atoms with Gasteiger partial charge >= 0.3 is 0 Å². The third kappa shape index (κ3) is 5.29.